The minimum absolute atomic E-state index is 0.140. The SMILES string of the molecule is COC(=O)CC[C@@H](C)[C@H]1CC[C@H]2[C@@H]3[C@H](OC)C[C@@H]4C[C@H](C)CC[C@]4(C)[C@H]3CC(=O)[C@]12C. The second-order valence-electron chi connectivity index (χ2n) is 12.1. The summed E-state index contributed by atoms with van der Waals surface area (Å²) in [6.45, 7) is 9.42. The molecule has 10 atom stereocenters. The van der Waals surface area contributed by atoms with Gasteiger partial charge in [-0.15, -0.1) is 0 Å². The first kappa shape index (κ1) is 23.3. The number of rotatable bonds is 5. The van der Waals surface area contributed by atoms with Crippen LogP contribution in [0.15, 0.2) is 0 Å². The van der Waals surface area contributed by atoms with Gasteiger partial charge in [0.25, 0.3) is 0 Å². The lowest BCUT2D eigenvalue weighted by Crippen LogP contribution is -2.61. The van der Waals surface area contributed by atoms with E-state index in [0.29, 0.717) is 47.7 Å². The Morgan fingerprint density at radius 2 is 1.87 bits per heavy atom. The minimum atomic E-state index is -0.265. The van der Waals surface area contributed by atoms with E-state index < -0.39 is 0 Å². The Kier molecular flexibility index (Phi) is 6.35. The lowest BCUT2D eigenvalue weighted by atomic mass is 9.43. The molecule has 0 radical (unpaired) electrons. The second-order valence-corrected chi connectivity index (χ2v) is 12.1. The highest BCUT2D eigenvalue weighted by Crippen LogP contribution is 2.68. The number of ether oxygens (including phenoxy) is 2. The van der Waals surface area contributed by atoms with Crippen molar-refractivity contribution in [2.24, 2.45) is 52.3 Å². The summed E-state index contributed by atoms with van der Waals surface area (Å²) in [7, 11) is 3.36. The van der Waals surface area contributed by atoms with Gasteiger partial charge >= 0.3 is 5.97 Å². The van der Waals surface area contributed by atoms with Crippen molar-refractivity contribution >= 4 is 11.8 Å². The summed E-state index contributed by atoms with van der Waals surface area (Å²) in [6, 6.07) is 0. The topological polar surface area (TPSA) is 52.6 Å². The summed E-state index contributed by atoms with van der Waals surface area (Å²) in [5, 5.41) is 0. The molecule has 4 aliphatic carbocycles. The molecule has 0 amide bonds. The molecule has 4 rings (SSSR count). The molecule has 0 unspecified atom stereocenters. The maximum atomic E-state index is 13.9. The smallest absolute Gasteiger partial charge is 0.305 e. The van der Waals surface area contributed by atoms with E-state index in [1.807, 2.05) is 7.11 Å². The Balaban J connectivity index is 1.61. The van der Waals surface area contributed by atoms with Gasteiger partial charge in [0.15, 0.2) is 0 Å². The molecule has 0 aliphatic heterocycles. The Labute approximate surface area is 189 Å². The highest BCUT2D eigenvalue weighted by Gasteiger charge is 2.66. The molecule has 0 heterocycles. The normalized spacial score (nSPS) is 47.8. The highest BCUT2D eigenvalue weighted by atomic mass is 16.5. The number of ketones is 1. The third-order valence-electron chi connectivity index (χ3n) is 10.9. The van der Waals surface area contributed by atoms with Crippen molar-refractivity contribution in [1.82, 2.24) is 0 Å². The summed E-state index contributed by atoms with van der Waals surface area (Å²) >= 11 is 0. The maximum absolute atomic E-state index is 13.9. The lowest BCUT2D eigenvalue weighted by molar-refractivity contribution is -0.183. The van der Waals surface area contributed by atoms with Gasteiger partial charge < -0.3 is 9.47 Å². The van der Waals surface area contributed by atoms with Crippen molar-refractivity contribution < 1.29 is 19.1 Å². The summed E-state index contributed by atoms with van der Waals surface area (Å²) in [5.74, 6) is 3.97. The summed E-state index contributed by atoms with van der Waals surface area (Å²) < 4.78 is 11.1. The van der Waals surface area contributed by atoms with E-state index >= 15 is 0 Å². The minimum Gasteiger partial charge on any atom is -0.469 e. The predicted molar refractivity (Wildman–Crippen MR) is 121 cm³/mol. The zero-order valence-corrected chi connectivity index (χ0v) is 20.6. The highest BCUT2D eigenvalue weighted by molar-refractivity contribution is 5.87. The van der Waals surface area contributed by atoms with Gasteiger partial charge in [-0.25, -0.2) is 0 Å². The fraction of sp³-hybridized carbons (Fsp3) is 0.926. The monoisotopic (exact) mass is 432 g/mol. The fourth-order valence-electron chi connectivity index (χ4n) is 8.97. The number of esters is 1. The van der Waals surface area contributed by atoms with Gasteiger partial charge in [-0.1, -0.05) is 34.1 Å². The van der Waals surface area contributed by atoms with Crippen LogP contribution in [0.5, 0.6) is 0 Å². The number of hydrogen-bond donors (Lipinski definition) is 0. The zero-order chi connectivity index (χ0) is 22.6. The van der Waals surface area contributed by atoms with E-state index in [9.17, 15) is 9.59 Å². The van der Waals surface area contributed by atoms with Crippen LogP contribution in [0.1, 0.15) is 85.5 Å². The first-order valence-corrected chi connectivity index (χ1v) is 12.8. The van der Waals surface area contributed by atoms with Crippen molar-refractivity contribution in [3.05, 3.63) is 0 Å². The van der Waals surface area contributed by atoms with Crippen LogP contribution in [0.2, 0.25) is 0 Å². The summed E-state index contributed by atoms with van der Waals surface area (Å²) in [4.78, 5) is 25.6. The molecule has 4 fully saturated rings. The van der Waals surface area contributed by atoms with Gasteiger partial charge in [0.2, 0.25) is 0 Å². The van der Waals surface area contributed by atoms with Crippen molar-refractivity contribution in [3.8, 4) is 0 Å². The maximum Gasteiger partial charge on any atom is 0.305 e. The fourth-order valence-corrected chi connectivity index (χ4v) is 8.97. The van der Waals surface area contributed by atoms with E-state index in [0.717, 1.165) is 31.6 Å². The standard InChI is InChI=1S/C27H44O4/c1-16-11-12-26(3)18(13-16)14-22(30-5)25-20-9-8-19(17(2)7-10-24(29)31-6)27(20,4)23(28)15-21(25)26/h16-22,25H,7-15H2,1-6H3/t16-,17-,18+,19-,20+,21+,22-,25+,26+,27-/m1/s1. The van der Waals surface area contributed by atoms with Gasteiger partial charge in [0, 0.05) is 25.4 Å². The zero-order valence-electron chi connectivity index (χ0n) is 20.6. The lowest BCUT2D eigenvalue weighted by Gasteiger charge is -2.62. The molecule has 4 saturated carbocycles. The Morgan fingerprint density at radius 1 is 1.13 bits per heavy atom. The van der Waals surface area contributed by atoms with Gasteiger partial charge in [-0.05, 0) is 85.4 Å². The van der Waals surface area contributed by atoms with Crippen LogP contribution in [-0.4, -0.2) is 32.1 Å². The first-order valence-electron chi connectivity index (χ1n) is 12.8. The molecule has 0 bridgehead atoms. The molecular formula is C27H44O4. The molecule has 4 heteroatoms. The van der Waals surface area contributed by atoms with Crippen molar-refractivity contribution in [3.63, 3.8) is 0 Å². The molecule has 0 N–H and O–H groups in total. The predicted octanol–water partition coefficient (Wildman–Crippen LogP) is 5.67. The molecular weight excluding hydrogens is 388 g/mol. The molecule has 0 saturated heterocycles. The number of Topliss-reactive ketones (excluding diaryl/α,β-unsaturated/α-hetero) is 1. The van der Waals surface area contributed by atoms with Crippen molar-refractivity contribution in [2.45, 2.75) is 91.6 Å². The van der Waals surface area contributed by atoms with Crippen LogP contribution < -0.4 is 0 Å². The third kappa shape index (κ3) is 3.60. The Hall–Kier alpha value is -0.900. The number of hydrogen-bond acceptors (Lipinski definition) is 4. The van der Waals surface area contributed by atoms with E-state index in [1.54, 1.807) is 0 Å². The third-order valence-corrected chi connectivity index (χ3v) is 10.9. The van der Waals surface area contributed by atoms with Crippen LogP contribution in [0, 0.1) is 52.3 Å². The summed E-state index contributed by atoms with van der Waals surface area (Å²) in [5.41, 5.74) is 0.0242. The summed E-state index contributed by atoms with van der Waals surface area (Å²) in [6.07, 6.45) is 9.56. The van der Waals surface area contributed by atoms with E-state index in [4.69, 9.17) is 9.47 Å². The average Bonchev–Trinajstić information content (AvgIpc) is 3.11. The number of fused-ring (bicyclic) bond motifs is 5. The van der Waals surface area contributed by atoms with Crippen LogP contribution in [0.4, 0.5) is 0 Å². The number of carbonyl (C=O) groups excluding carboxylic acids is 2. The number of methoxy groups -OCH3 is 2. The molecule has 31 heavy (non-hydrogen) atoms. The quantitative estimate of drug-likeness (QED) is 0.525. The molecule has 4 aliphatic rings. The average molecular weight is 433 g/mol. The first-order chi connectivity index (χ1) is 14.7. The van der Waals surface area contributed by atoms with Crippen molar-refractivity contribution in [1.29, 1.82) is 0 Å². The van der Waals surface area contributed by atoms with Crippen LogP contribution in [-0.2, 0) is 19.1 Å². The second kappa shape index (κ2) is 8.47. The van der Waals surface area contributed by atoms with Crippen LogP contribution in [0.25, 0.3) is 0 Å². The number of carbonyl (C=O) groups is 2. The van der Waals surface area contributed by atoms with Gasteiger partial charge in [0.05, 0.1) is 13.2 Å². The van der Waals surface area contributed by atoms with Crippen molar-refractivity contribution in [2.75, 3.05) is 14.2 Å². The molecule has 0 aromatic heterocycles. The molecule has 0 aromatic carbocycles. The Morgan fingerprint density at radius 3 is 2.55 bits per heavy atom. The van der Waals surface area contributed by atoms with Gasteiger partial charge in [-0.3, -0.25) is 9.59 Å². The van der Waals surface area contributed by atoms with E-state index in [2.05, 4.69) is 27.7 Å². The van der Waals surface area contributed by atoms with Crippen LogP contribution in [0.3, 0.4) is 0 Å². The largest absolute Gasteiger partial charge is 0.469 e. The molecule has 176 valence electrons. The van der Waals surface area contributed by atoms with Crippen LogP contribution >= 0.6 is 0 Å². The van der Waals surface area contributed by atoms with E-state index in [1.165, 1.54) is 32.8 Å². The molecule has 0 aromatic rings. The molecule has 4 nitrogen and oxygen atoms in total. The molecule has 0 spiro atoms. The van der Waals surface area contributed by atoms with E-state index in [-0.39, 0.29) is 22.9 Å². The van der Waals surface area contributed by atoms with Gasteiger partial charge in [0.1, 0.15) is 5.78 Å². The Bertz CT molecular complexity index is 703. The van der Waals surface area contributed by atoms with Gasteiger partial charge in [-0.2, -0.15) is 0 Å².